The van der Waals surface area contributed by atoms with Gasteiger partial charge in [-0.05, 0) is 37.3 Å². The number of benzene rings is 1. The minimum Gasteiger partial charge on any atom is -0.451 e. The Balaban J connectivity index is 1.56. The highest BCUT2D eigenvalue weighted by atomic mass is 16.5. The van der Waals surface area contributed by atoms with Crippen LogP contribution in [-0.4, -0.2) is 39.5 Å². The summed E-state index contributed by atoms with van der Waals surface area (Å²) >= 11 is 0. The highest BCUT2D eigenvalue weighted by Crippen LogP contribution is 2.29. The zero-order valence-corrected chi connectivity index (χ0v) is 16.0. The molecule has 0 bridgehead atoms. The lowest BCUT2D eigenvalue weighted by Crippen LogP contribution is -2.45. The number of rotatable bonds is 5. The number of hydrogen-bond acceptors (Lipinski definition) is 5. The Labute approximate surface area is 159 Å². The largest absolute Gasteiger partial charge is 0.451 e. The number of ether oxygens (including phenoxy) is 1. The Bertz CT molecular complexity index is 803. The molecule has 144 valence electrons. The Morgan fingerprint density at radius 1 is 1.19 bits per heavy atom. The van der Waals surface area contributed by atoms with Crippen LogP contribution < -0.4 is 5.32 Å². The lowest BCUT2D eigenvalue weighted by Gasteiger charge is -2.34. The third-order valence-corrected chi connectivity index (χ3v) is 5.35. The van der Waals surface area contributed by atoms with Gasteiger partial charge in [0.15, 0.2) is 12.3 Å². The zero-order chi connectivity index (χ0) is 19.4. The standard InChI is InChI=1S/C20H26N4O3/c1-13-8-7-11-17(14(13)2)21-18(25)12-27-20(26)19-15(3)22-24(23-19)16-9-5-4-6-10-16/h4-6,9-10,13-14,17H,7-8,11-12H2,1-3H3,(H,21,25)/t13-,14+,17+/m1/s1. The van der Waals surface area contributed by atoms with E-state index in [1.165, 1.54) is 11.2 Å². The summed E-state index contributed by atoms with van der Waals surface area (Å²) in [6.07, 6.45) is 3.27. The monoisotopic (exact) mass is 370 g/mol. The normalized spacial score (nSPS) is 22.3. The maximum atomic E-state index is 12.3. The average Bonchev–Trinajstić information content (AvgIpc) is 3.06. The molecule has 0 radical (unpaired) electrons. The highest BCUT2D eigenvalue weighted by Gasteiger charge is 2.28. The molecule has 2 aromatic rings. The summed E-state index contributed by atoms with van der Waals surface area (Å²) < 4.78 is 5.16. The van der Waals surface area contributed by atoms with Crippen molar-refractivity contribution < 1.29 is 14.3 Å². The molecule has 1 amide bonds. The Morgan fingerprint density at radius 3 is 2.67 bits per heavy atom. The fraction of sp³-hybridized carbons (Fsp3) is 0.500. The van der Waals surface area contributed by atoms with Crippen LogP contribution in [0.15, 0.2) is 30.3 Å². The summed E-state index contributed by atoms with van der Waals surface area (Å²) in [4.78, 5) is 25.9. The van der Waals surface area contributed by atoms with E-state index >= 15 is 0 Å². The van der Waals surface area contributed by atoms with Crippen LogP contribution in [0.3, 0.4) is 0 Å². The SMILES string of the molecule is Cc1nn(-c2ccccc2)nc1C(=O)OCC(=O)N[C@H]1CCC[C@@H](C)[C@@H]1C. The second-order valence-corrected chi connectivity index (χ2v) is 7.28. The molecule has 0 aliphatic heterocycles. The first-order valence-electron chi connectivity index (χ1n) is 9.41. The maximum Gasteiger partial charge on any atom is 0.361 e. The molecule has 1 aliphatic rings. The van der Waals surface area contributed by atoms with Gasteiger partial charge in [-0.1, -0.05) is 44.9 Å². The number of carbonyl (C=O) groups excluding carboxylic acids is 2. The zero-order valence-electron chi connectivity index (χ0n) is 16.0. The van der Waals surface area contributed by atoms with Crippen LogP contribution in [-0.2, 0) is 9.53 Å². The highest BCUT2D eigenvalue weighted by molar-refractivity contribution is 5.90. The molecule has 0 unspecified atom stereocenters. The van der Waals surface area contributed by atoms with Crippen LogP contribution in [0.4, 0.5) is 0 Å². The van der Waals surface area contributed by atoms with Crippen molar-refractivity contribution in [2.45, 2.75) is 46.1 Å². The van der Waals surface area contributed by atoms with Gasteiger partial charge in [-0.15, -0.1) is 5.10 Å². The van der Waals surface area contributed by atoms with E-state index in [2.05, 4.69) is 29.4 Å². The van der Waals surface area contributed by atoms with Crippen LogP contribution >= 0.6 is 0 Å². The number of nitrogens with zero attached hydrogens (tertiary/aromatic N) is 3. The number of aromatic nitrogens is 3. The molecule has 1 saturated carbocycles. The van der Waals surface area contributed by atoms with Crippen LogP contribution in [0.5, 0.6) is 0 Å². The number of carbonyl (C=O) groups is 2. The van der Waals surface area contributed by atoms with Crippen LogP contribution in [0.2, 0.25) is 0 Å². The molecule has 27 heavy (non-hydrogen) atoms. The van der Waals surface area contributed by atoms with Gasteiger partial charge in [0.1, 0.15) is 0 Å². The summed E-state index contributed by atoms with van der Waals surface area (Å²) in [6.45, 7) is 5.75. The molecule has 1 N–H and O–H groups in total. The molecule has 7 nitrogen and oxygen atoms in total. The van der Waals surface area contributed by atoms with Crippen molar-refractivity contribution in [2.75, 3.05) is 6.61 Å². The van der Waals surface area contributed by atoms with E-state index in [4.69, 9.17) is 4.74 Å². The Morgan fingerprint density at radius 2 is 1.93 bits per heavy atom. The topological polar surface area (TPSA) is 86.1 Å². The van der Waals surface area contributed by atoms with Gasteiger partial charge in [-0.2, -0.15) is 9.90 Å². The van der Waals surface area contributed by atoms with Crippen molar-refractivity contribution in [2.24, 2.45) is 11.8 Å². The number of aryl methyl sites for hydroxylation is 1. The predicted molar refractivity (Wildman–Crippen MR) is 100 cm³/mol. The first kappa shape index (κ1) is 19.1. The molecular formula is C20H26N4O3. The third-order valence-electron chi connectivity index (χ3n) is 5.35. The van der Waals surface area contributed by atoms with E-state index in [1.807, 2.05) is 30.3 Å². The van der Waals surface area contributed by atoms with Gasteiger partial charge >= 0.3 is 5.97 Å². The van der Waals surface area contributed by atoms with E-state index in [0.29, 0.717) is 17.5 Å². The van der Waals surface area contributed by atoms with Gasteiger partial charge in [0.2, 0.25) is 0 Å². The summed E-state index contributed by atoms with van der Waals surface area (Å²) in [6, 6.07) is 9.44. The third kappa shape index (κ3) is 4.53. The molecule has 3 rings (SSSR count). The number of nitrogens with one attached hydrogen (secondary N) is 1. The molecule has 1 aromatic heterocycles. The van der Waals surface area contributed by atoms with E-state index in [9.17, 15) is 9.59 Å². The molecule has 7 heteroatoms. The second-order valence-electron chi connectivity index (χ2n) is 7.28. The van der Waals surface area contributed by atoms with Gasteiger partial charge in [0.25, 0.3) is 5.91 Å². The number of hydrogen-bond donors (Lipinski definition) is 1. The minimum absolute atomic E-state index is 0.117. The summed E-state index contributed by atoms with van der Waals surface area (Å²) in [5.41, 5.74) is 1.32. The molecule has 1 aromatic carbocycles. The van der Waals surface area contributed by atoms with Crippen molar-refractivity contribution in [1.29, 1.82) is 0 Å². The number of para-hydroxylation sites is 1. The molecule has 0 saturated heterocycles. The summed E-state index contributed by atoms with van der Waals surface area (Å²) in [5, 5.41) is 11.4. The smallest absolute Gasteiger partial charge is 0.361 e. The van der Waals surface area contributed by atoms with Crippen LogP contribution in [0.1, 0.15) is 49.3 Å². The number of esters is 1. The van der Waals surface area contributed by atoms with Crippen molar-refractivity contribution >= 4 is 11.9 Å². The fourth-order valence-corrected chi connectivity index (χ4v) is 3.48. The van der Waals surface area contributed by atoms with E-state index in [-0.39, 0.29) is 24.2 Å². The summed E-state index contributed by atoms with van der Waals surface area (Å²) in [7, 11) is 0. The van der Waals surface area contributed by atoms with Crippen molar-refractivity contribution in [1.82, 2.24) is 20.3 Å². The average molecular weight is 370 g/mol. The first-order chi connectivity index (χ1) is 13.0. The predicted octanol–water partition coefficient (Wildman–Crippen LogP) is 2.67. The Hall–Kier alpha value is -2.70. The fourth-order valence-electron chi connectivity index (χ4n) is 3.48. The second kappa shape index (κ2) is 8.33. The van der Waals surface area contributed by atoms with Gasteiger partial charge in [-0.25, -0.2) is 4.79 Å². The number of amides is 1. The van der Waals surface area contributed by atoms with E-state index in [1.54, 1.807) is 6.92 Å². The first-order valence-corrected chi connectivity index (χ1v) is 9.41. The lowest BCUT2D eigenvalue weighted by molar-refractivity contribution is -0.125. The van der Waals surface area contributed by atoms with Gasteiger partial charge in [-0.3, -0.25) is 4.79 Å². The Kier molecular flexibility index (Phi) is 5.88. The van der Waals surface area contributed by atoms with Gasteiger partial charge in [0, 0.05) is 6.04 Å². The van der Waals surface area contributed by atoms with Crippen molar-refractivity contribution in [3.8, 4) is 5.69 Å². The van der Waals surface area contributed by atoms with Gasteiger partial charge in [0.05, 0.1) is 11.4 Å². The quantitative estimate of drug-likeness (QED) is 0.818. The maximum absolute atomic E-state index is 12.3. The van der Waals surface area contributed by atoms with Crippen molar-refractivity contribution in [3.05, 3.63) is 41.7 Å². The molecule has 1 fully saturated rings. The molecule has 0 spiro atoms. The van der Waals surface area contributed by atoms with Crippen LogP contribution in [0.25, 0.3) is 5.69 Å². The molecular weight excluding hydrogens is 344 g/mol. The van der Waals surface area contributed by atoms with Crippen molar-refractivity contribution in [3.63, 3.8) is 0 Å². The molecule has 1 aliphatic carbocycles. The molecule has 3 atom stereocenters. The van der Waals surface area contributed by atoms with E-state index in [0.717, 1.165) is 18.5 Å². The molecule has 1 heterocycles. The lowest BCUT2D eigenvalue weighted by atomic mass is 9.78. The minimum atomic E-state index is -0.644. The van der Waals surface area contributed by atoms with Gasteiger partial charge < -0.3 is 10.1 Å². The summed E-state index contributed by atoms with van der Waals surface area (Å²) in [5.74, 6) is 0.0889. The van der Waals surface area contributed by atoms with E-state index < -0.39 is 5.97 Å². The van der Waals surface area contributed by atoms with Crippen LogP contribution in [0, 0.1) is 18.8 Å².